The molecule has 0 spiro atoms. The van der Waals surface area contributed by atoms with Crippen LogP contribution in [0.1, 0.15) is 38.2 Å². The Morgan fingerprint density at radius 3 is 2.50 bits per heavy atom. The number of nitrogens with two attached hydrogens (primary N) is 2. The lowest BCUT2D eigenvalue weighted by Crippen LogP contribution is -2.48. The van der Waals surface area contributed by atoms with E-state index in [4.69, 9.17) is 30.0 Å². The van der Waals surface area contributed by atoms with Crippen LogP contribution in [0.25, 0.3) is 0 Å². The number of carbonyl (C=O) groups excluding carboxylic acids is 1. The van der Waals surface area contributed by atoms with Crippen molar-refractivity contribution in [2.45, 2.75) is 55.4 Å². The molecule has 2 aromatic carbocycles. The Kier molecular flexibility index (Phi) is 10.6. The number of oxime groups is 1. The Balaban J connectivity index is 1.72. The maximum Gasteiger partial charge on any atom is 0.339 e. The molecule has 0 amide bonds. The number of esters is 1. The SMILES string of the molecule is CCOC(=O)C1CCCCN1S(=O)(=O)c1ccc(S(=O)(=O)Oc2cccc(OCCCON=C(N)N)c2)c(C)c1. The minimum atomic E-state index is -4.32. The second-order valence-electron chi connectivity index (χ2n) is 8.87. The number of piperidine rings is 1. The van der Waals surface area contributed by atoms with Crippen LogP contribution in [0.4, 0.5) is 0 Å². The number of guanidine groups is 1. The van der Waals surface area contributed by atoms with Gasteiger partial charge in [-0.05, 0) is 74.2 Å². The number of rotatable bonds is 13. The maximum atomic E-state index is 13.4. The Morgan fingerprint density at radius 1 is 1.05 bits per heavy atom. The van der Waals surface area contributed by atoms with Crippen molar-refractivity contribution in [3.8, 4) is 11.5 Å². The zero-order chi connectivity index (χ0) is 29.3. The van der Waals surface area contributed by atoms with E-state index in [0.29, 0.717) is 31.4 Å². The van der Waals surface area contributed by atoms with Gasteiger partial charge in [0.1, 0.15) is 29.0 Å². The van der Waals surface area contributed by atoms with E-state index in [1.807, 2.05) is 0 Å². The Labute approximate surface area is 234 Å². The number of aryl methyl sites for hydroxylation is 1. The van der Waals surface area contributed by atoms with Crippen molar-refractivity contribution in [1.29, 1.82) is 0 Å². The summed E-state index contributed by atoms with van der Waals surface area (Å²) in [5.74, 6) is -0.412. The van der Waals surface area contributed by atoms with Crippen molar-refractivity contribution >= 4 is 32.1 Å². The van der Waals surface area contributed by atoms with E-state index in [2.05, 4.69) is 5.16 Å². The summed E-state index contributed by atoms with van der Waals surface area (Å²) >= 11 is 0. The standard InChI is InChI=1S/C25H34N4O9S2/c1-3-35-24(30)22-10-4-5-13-29(22)39(31,32)21-11-12-23(18(2)16-21)40(33,34)38-20-9-6-8-19(17-20)36-14-7-15-37-28-25(26)27/h6,8-9,11-12,16-17,22H,3-5,7,10,13-15H2,1-2H3,(H4,26,27,28). The highest BCUT2D eigenvalue weighted by Gasteiger charge is 2.39. The van der Waals surface area contributed by atoms with Gasteiger partial charge in [0.15, 0.2) is 0 Å². The minimum Gasteiger partial charge on any atom is -0.493 e. The van der Waals surface area contributed by atoms with E-state index >= 15 is 0 Å². The quantitative estimate of drug-likeness (QED) is 0.0854. The van der Waals surface area contributed by atoms with Crippen LogP contribution in [0.15, 0.2) is 57.4 Å². The van der Waals surface area contributed by atoms with Crippen molar-refractivity contribution in [3.63, 3.8) is 0 Å². The van der Waals surface area contributed by atoms with Gasteiger partial charge in [-0.15, -0.1) is 0 Å². The topological polar surface area (TPSA) is 190 Å². The highest BCUT2D eigenvalue weighted by molar-refractivity contribution is 7.89. The molecule has 1 aliphatic rings. The first-order valence-electron chi connectivity index (χ1n) is 12.6. The average molecular weight is 599 g/mol. The van der Waals surface area contributed by atoms with Crippen LogP contribution in [0.5, 0.6) is 11.5 Å². The third kappa shape index (κ3) is 7.99. The maximum absolute atomic E-state index is 13.4. The number of carbonyl (C=O) groups is 1. The summed E-state index contributed by atoms with van der Waals surface area (Å²) in [7, 11) is -8.41. The van der Waals surface area contributed by atoms with Crippen LogP contribution in [-0.2, 0) is 34.5 Å². The molecule has 1 atom stereocenters. The predicted molar refractivity (Wildman–Crippen MR) is 145 cm³/mol. The van der Waals surface area contributed by atoms with E-state index in [-0.39, 0.29) is 53.4 Å². The van der Waals surface area contributed by atoms with Gasteiger partial charge in [-0.2, -0.15) is 12.7 Å². The van der Waals surface area contributed by atoms with Gasteiger partial charge in [0, 0.05) is 19.0 Å². The fraction of sp³-hybridized carbons (Fsp3) is 0.440. The van der Waals surface area contributed by atoms with E-state index in [1.54, 1.807) is 19.1 Å². The summed E-state index contributed by atoms with van der Waals surface area (Å²) in [6, 6.07) is 8.76. The Morgan fingerprint density at radius 2 is 1.80 bits per heavy atom. The van der Waals surface area contributed by atoms with Crippen molar-refractivity contribution < 1.29 is 40.1 Å². The molecule has 15 heteroatoms. The molecule has 0 bridgehead atoms. The number of ether oxygens (including phenoxy) is 2. The van der Waals surface area contributed by atoms with Crippen LogP contribution in [-0.4, -0.2) is 65.5 Å². The van der Waals surface area contributed by atoms with Crippen molar-refractivity contribution in [1.82, 2.24) is 4.31 Å². The first-order valence-corrected chi connectivity index (χ1v) is 15.5. The molecule has 3 rings (SSSR count). The molecule has 0 aliphatic carbocycles. The third-order valence-corrected chi connectivity index (χ3v) is 9.18. The van der Waals surface area contributed by atoms with Gasteiger partial charge < -0.3 is 30.0 Å². The molecule has 1 aliphatic heterocycles. The van der Waals surface area contributed by atoms with Crippen LogP contribution in [0.3, 0.4) is 0 Å². The molecule has 4 N–H and O–H groups in total. The van der Waals surface area contributed by atoms with E-state index in [0.717, 1.165) is 4.31 Å². The summed E-state index contributed by atoms with van der Waals surface area (Å²) in [5, 5.41) is 3.39. The summed E-state index contributed by atoms with van der Waals surface area (Å²) in [5.41, 5.74) is 10.5. The number of sulfonamides is 1. The summed E-state index contributed by atoms with van der Waals surface area (Å²) in [6.07, 6.45) is 2.12. The molecule has 2 aromatic rings. The average Bonchev–Trinajstić information content (AvgIpc) is 2.90. The van der Waals surface area contributed by atoms with E-state index < -0.39 is 32.2 Å². The van der Waals surface area contributed by atoms with Crippen molar-refractivity contribution in [2.24, 2.45) is 16.6 Å². The predicted octanol–water partition coefficient (Wildman–Crippen LogP) is 1.84. The number of benzene rings is 2. The van der Waals surface area contributed by atoms with Crippen molar-refractivity contribution in [3.05, 3.63) is 48.0 Å². The third-order valence-electron chi connectivity index (χ3n) is 5.86. The molecule has 1 unspecified atom stereocenters. The molecule has 1 saturated heterocycles. The zero-order valence-corrected chi connectivity index (χ0v) is 23.9. The van der Waals surface area contributed by atoms with Gasteiger partial charge in [0.2, 0.25) is 16.0 Å². The second kappa shape index (κ2) is 13.7. The van der Waals surface area contributed by atoms with Gasteiger partial charge in [-0.1, -0.05) is 6.07 Å². The molecule has 1 fully saturated rings. The normalized spacial score (nSPS) is 16.1. The molecule has 40 heavy (non-hydrogen) atoms. The first-order chi connectivity index (χ1) is 19.0. The zero-order valence-electron chi connectivity index (χ0n) is 22.3. The summed E-state index contributed by atoms with van der Waals surface area (Å²) < 4.78 is 70.0. The van der Waals surface area contributed by atoms with Crippen LogP contribution < -0.4 is 20.4 Å². The largest absolute Gasteiger partial charge is 0.493 e. The first kappa shape index (κ1) is 31.0. The molecule has 1 heterocycles. The summed E-state index contributed by atoms with van der Waals surface area (Å²) in [4.78, 5) is 16.9. The fourth-order valence-electron chi connectivity index (χ4n) is 4.09. The fourth-order valence-corrected chi connectivity index (χ4v) is 6.95. The van der Waals surface area contributed by atoms with Gasteiger partial charge >= 0.3 is 16.1 Å². The molecule has 13 nitrogen and oxygen atoms in total. The molecule has 0 radical (unpaired) electrons. The minimum absolute atomic E-state index is 0.0101. The lowest BCUT2D eigenvalue weighted by atomic mass is 10.1. The molecule has 0 saturated carbocycles. The van der Waals surface area contributed by atoms with Gasteiger partial charge in [0.05, 0.1) is 18.1 Å². The monoisotopic (exact) mass is 598 g/mol. The highest BCUT2D eigenvalue weighted by atomic mass is 32.2. The van der Waals surface area contributed by atoms with E-state index in [1.165, 1.54) is 37.3 Å². The number of nitrogens with zero attached hydrogens (tertiary/aromatic N) is 2. The molecular formula is C25H34N4O9S2. The van der Waals surface area contributed by atoms with E-state index in [9.17, 15) is 21.6 Å². The number of hydrogen-bond donors (Lipinski definition) is 2. The Bertz CT molecular complexity index is 1430. The van der Waals surface area contributed by atoms with Crippen LogP contribution in [0, 0.1) is 6.92 Å². The van der Waals surface area contributed by atoms with Crippen LogP contribution in [0.2, 0.25) is 0 Å². The van der Waals surface area contributed by atoms with Gasteiger partial charge in [0.25, 0.3) is 0 Å². The van der Waals surface area contributed by atoms with Crippen molar-refractivity contribution in [2.75, 3.05) is 26.4 Å². The molecule has 0 aromatic heterocycles. The highest BCUT2D eigenvalue weighted by Crippen LogP contribution is 2.30. The smallest absolute Gasteiger partial charge is 0.339 e. The second-order valence-corrected chi connectivity index (χ2v) is 12.3. The summed E-state index contributed by atoms with van der Waals surface area (Å²) in [6.45, 7) is 3.89. The van der Waals surface area contributed by atoms with Gasteiger partial charge in [-0.25, -0.2) is 8.42 Å². The lowest BCUT2D eigenvalue weighted by Gasteiger charge is -2.33. The number of hydrogen-bond acceptors (Lipinski definition) is 10. The lowest BCUT2D eigenvalue weighted by molar-refractivity contribution is -0.148. The Hall–Kier alpha value is -3.56. The van der Waals surface area contributed by atoms with Gasteiger partial charge in [-0.3, -0.25) is 4.79 Å². The van der Waals surface area contributed by atoms with Crippen LogP contribution >= 0.6 is 0 Å². The molecule has 220 valence electrons. The molecular weight excluding hydrogens is 564 g/mol.